The quantitative estimate of drug-likeness (QED) is 0.718. The molecular weight excluding hydrogens is 380 g/mol. The van der Waals surface area contributed by atoms with E-state index >= 15 is 0 Å². The van der Waals surface area contributed by atoms with E-state index in [4.69, 9.17) is 4.98 Å². The molecule has 2 aliphatic rings. The molecule has 0 spiro atoms. The molecule has 0 aromatic carbocycles. The van der Waals surface area contributed by atoms with Gasteiger partial charge in [-0.15, -0.1) is 10.2 Å². The van der Waals surface area contributed by atoms with Crippen LogP contribution in [0.25, 0.3) is 10.9 Å². The van der Waals surface area contributed by atoms with E-state index in [0.717, 1.165) is 68.6 Å². The van der Waals surface area contributed by atoms with Crippen molar-refractivity contribution in [3.8, 4) is 0 Å². The first-order valence-electron chi connectivity index (χ1n) is 10.8. The molecule has 0 aliphatic carbocycles. The number of piperidine rings is 2. The van der Waals surface area contributed by atoms with Crippen LogP contribution in [0.5, 0.6) is 0 Å². The summed E-state index contributed by atoms with van der Waals surface area (Å²) in [6, 6.07) is 4.60. The molecule has 2 amide bonds. The maximum absolute atomic E-state index is 13.8. The molecule has 5 rings (SSSR count). The minimum Gasteiger partial charge on any atom is -0.348 e. The van der Waals surface area contributed by atoms with E-state index < -0.39 is 0 Å². The zero-order valence-corrected chi connectivity index (χ0v) is 17.3. The number of urea groups is 1. The van der Waals surface area contributed by atoms with Gasteiger partial charge in [0.1, 0.15) is 12.7 Å². The van der Waals surface area contributed by atoms with E-state index in [-0.39, 0.29) is 12.1 Å². The van der Waals surface area contributed by atoms with E-state index in [1.165, 1.54) is 0 Å². The summed E-state index contributed by atoms with van der Waals surface area (Å²) in [5.74, 6) is 0.764. The minimum absolute atomic E-state index is 0.0621. The Kier molecular flexibility index (Phi) is 5.12. The molecule has 2 fully saturated rings. The van der Waals surface area contributed by atoms with Crippen LogP contribution in [0.3, 0.4) is 0 Å². The fraction of sp³-hybridized carbons (Fsp3) is 0.524. The van der Waals surface area contributed by atoms with Gasteiger partial charge >= 0.3 is 6.03 Å². The predicted molar refractivity (Wildman–Crippen MR) is 114 cm³/mol. The maximum Gasteiger partial charge on any atom is 0.326 e. The van der Waals surface area contributed by atoms with Gasteiger partial charge in [0, 0.05) is 50.5 Å². The van der Waals surface area contributed by atoms with Gasteiger partial charge in [-0.05, 0) is 44.4 Å². The number of hydrogen-bond donors (Lipinski definition) is 1. The number of likely N-dealkylation sites (tertiary alicyclic amines) is 1. The Morgan fingerprint density at radius 1 is 1.17 bits per heavy atom. The van der Waals surface area contributed by atoms with Crippen molar-refractivity contribution in [1.29, 1.82) is 0 Å². The van der Waals surface area contributed by atoms with E-state index in [1.54, 1.807) is 12.7 Å². The lowest BCUT2D eigenvalue weighted by atomic mass is 10.0. The minimum atomic E-state index is 0.0621. The molecule has 1 atom stereocenters. The first-order valence-corrected chi connectivity index (χ1v) is 10.8. The van der Waals surface area contributed by atoms with Crippen molar-refractivity contribution in [1.82, 2.24) is 34.5 Å². The van der Waals surface area contributed by atoms with Crippen LogP contribution in [0.2, 0.25) is 0 Å². The lowest BCUT2D eigenvalue weighted by molar-refractivity contribution is 0.174. The normalized spacial score (nSPS) is 20.6. The van der Waals surface area contributed by atoms with Gasteiger partial charge in [0.05, 0.1) is 11.6 Å². The summed E-state index contributed by atoms with van der Waals surface area (Å²) in [5, 5.41) is 12.4. The van der Waals surface area contributed by atoms with Crippen molar-refractivity contribution in [2.45, 2.75) is 37.8 Å². The topological polar surface area (TPSA) is 84.1 Å². The van der Waals surface area contributed by atoms with Gasteiger partial charge in [-0.2, -0.15) is 0 Å². The van der Waals surface area contributed by atoms with Crippen molar-refractivity contribution in [2.24, 2.45) is 7.05 Å². The van der Waals surface area contributed by atoms with Gasteiger partial charge in [-0.3, -0.25) is 4.90 Å². The molecule has 5 heterocycles. The molecule has 9 heteroatoms. The number of hydrogen-bond acceptors (Lipinski definition) is 5. The highest BCUT2D eigenvalue weighted by molar-refractivity contribution is 6.00. The molecule has 9 nitrogen and oxygen atoms in total. The summed E-state index contributed by atoms with van der Waals surface area (Å²) in [5.41, 5.74) is 1.01. The molecular formula is C21H28N8O. The summed E-state index contributed by atoms with van der Waals surface area (Å²) in [4.78, 5) is 22.4. The first-order chi connectivity index (χ1) is 14.7. The maximum atomic E-state index is 13.8. The Balaban J connectivity index is 1.43. The Bertz CT molecular complexity index is 999. The largest absolute Gasteiger partial charge is 0.348 e. The smallest absolute Gasteiger partial charge is 0.326 e. The number of nitrogens with zero attached hydrogens (tertiary/aromatic N) is 7. The van der Waals surface area contributed by atoms with Gasteiger partial charge in [-0.1, -0.05) is 0 Å². The Hall–Kier alpha value is -2.94. The second-order valence-corrected chi connectivity index (χ2v) is 8.28. The molecule has 0 radical (unpaired) electrons. The predicted octanol–water partition coefficient (Wildman–Crippen LogP) is 2.18. The van der Waals surface area contributed by atoms with Crippen LogP contribution in [-0.2, 0) is 7.05 Å². The van der Waals surface area contributed by atoms with E-state index in [0.29, 0.717) is 6.04 Å². The molecule has 3 aromatic rings. The summed E-state index contributed by atoms with van der Waals surface area (Å²) >= 11 is 0. The summed E-state index contributed by atoms with van der Waals surface area (Å²) in [7, 11) is 2.01. The number of pyridine rings is 1. The molecule has 1 N–H and O–H groups in total. The zero-order valence-electron chi connectivity index (χ0n) is 17.3. The van der Waals surface area contributed by atoms with Crippen LogP contribution in [0.15, 0.2) is 37.2 Å². The second-order valence-electron chi connectivity index (χ2n) is 8.28. The van der Waals surface area contributed by atoms with E-state index in [1.807, 2.05) is 35.3 Å². The molecule has 0 bridgehead atoms. The van der Waals surface area contributed by atoms with E-state index in [2.05, 4.69) is 30.7 Å². The number of aryl methyl sites for hydroxylation is 1. The number of amides is 2. The number of rotatable bonds is 3. The second kappa shape index (κ2) is 8.06. The molecule has 2 saturated heterocycles. The van der Waals surface area contributed by atoms with Gasteiger partial charge in [0.25, 0.3) is 0 Å². The average molecular weight is 409 g/mol. The lowest BCUT2D eigenvalue weighted by Crippen LogP contribution is -2.55. The van der Waals surface area contributed by atoms with Crippen molar-refractivity contribution in [2.75, 3.05) is 31.1 Å². The molecule has 0 saturated carbocycles. The van der Waals surface area contributed by atoms with E-state index in [9.17, 15) is 4.79 Å². The lowest BCUT2D eigenvalue weighted by Gasteiger charge is -2.40. The average Bonchev–Trinajstić information content (AvgIpc) is 3.46. The summed E-state index contributed by atoms with van der Waals surface area (Å²) < 4.78 is 4.11. The van der Waals surface area contributed by atoms with Gasteiger partial charge in [0.2, 0.25) is 0 Å². The number of anilines is 1. The molecule has 30 heavy (non-hydrogen) atoms. The third-order valence-electron chi connectivity index (χ3n) is 6.43. The van der Waals surface area contributed by atoms with Crippen molar-refractivity contribution in [3.05, 3.63) is 37.2 Å². The monoisotopic (exact) mass is 408 g/mol. The van der Waals surface area contributed by atoms with Gasteiger partial charge < -0.3 is 19.4 Å². The Morgan fingerprint density at radius 3 is 2.70 bits per heavy atom. The highest BCUT2D eigenvalue weighted by Gasteiger charge is 2.34. The van der Waals surface area contributed by atoms with Crippen LogP contribution < -0.4 is 10.2 Å². The van der Waals surface area contributed by atoms with Crippen molar-refractivity contribution in [3.63, 3.8) is 0 Å². The van der Waals surface area contributed by atoms with Crippen LogP contribution in [-0.4, -0.2) is 67.5 Å². The number of carbonyl (C=O) groups excluding carboxylic acids is 1. The number of carbonyl (C=O) groups is 1. The Labute approximate surface area is 175 Å². The fourth-order valence-corrected chi connectivity index (χ4v) is 4.77. The standard InChI is InChI=1S/C21H28N8O/c1-26-10-5-16-4-9-23-20(19(16)26)29(18-3-2-8-22-13-18)21(30)27-11-6-17(7-12-27)28-14-24-25-15-28/h4-5,9-10,14-15,17-18,22H,2-3,6-8,11-13H2,1H3/t18-/m1/s1. The van der Waals surface area contributed by atoms with Crippen molar-refractivity contribution >= 4 is 22.8 Å². The molecule has 2 aliphatic heterocycles. The number of fused-ring (bicyclic) bond motifs is 1. The fourth-order valence-electron chi connectivity index (χ4n) is 4.77. The molecule has 158 valence electrons. The summed E-state index contributed by atoms with van der Waals surface area (Å²) in [6.45, 7) is 3.25. The third-order valence-corrected chi connectivity index (χ3v) is 6.43. The highest BCUT2D eigenvalue weighted by atomic mass is 16.2. The molecule has 3 aromatic heterocycles. The zero-order chi connectivity index (χ0) is 20.5. The van der Waals surface area contributed by atoms with Gasteiger partial charge in [-0.25, -0.2) is 9.78 Å². The summed E-state index contributed by atoms with van der Waals surface area (Å²) in [6.07, 6.45) is 11.2. The van der Waals surface area contributed by atoms with Crippen LogP contribution >= 0.6 is 0 Å². The van der Waals surface area contributed by atoms with Crippen molar-refractivity contribution < 1.29 is 4.79 Å². The van der Waals surface area contributed by atoms with Gasteiger partial charge in [0.15, 0.2) is 5.82 Å². The highest BCUT2D eigenvalue weighted by Crippen LogP contribution is 2.30. The van der Waals surface area contributed by atoms with Crippen LogP contribution in [0, 0.1) is 0 Å². The first kappa shape index (κ1) is 19.0. The van der Waals surface area contributed by atoms with Crippen LogP contribution in [0.4, 0.5) is 10.6 Å². The number of aromatic nitrogens is 5. The number of nitrogens with one attached hydrogen (secondary N) is 1. The Morgan fingerprint density at radius 2 is 1.97 bits per heavy atom. The third kappa shape index (κ3) is 3.43. The molecule has 0 unspecified atom stereocenters. The SMILES string of the molecule is Cn1ccc2ccnc(N(C(=O)N3CCC(n4cnnc4)CC3)[C@@H]3CCCNC3)c21. The van der Waals surface area contributed by atoms with Crippen LogP contribution in [0.1, 0.15) is 31.7 Å².